The summed E-state index contributed by atoms with van der Waals surface area (Å²) in [5.74, 6) is 0. The molecule has 1 aliphatic rings. The highest BCUT2D eigenvalue weighted by molar-refractivity contribution is 5.90. The first-order valence-electron chi connectivity index (χ1n) is 14.0. The summed E-state index contributed by atoms with van der Waals surface area (Å²) in [4.78, 5) is 0. The van der Waals surface area contributed by atoms with Crippen molar-refractivity contribution in [3.05, 3.63) is 173 Å². The van der Waals surface area contributed by atoms with Crippen LogP contribution in [0.5, 0.6) is 0 Å². The minimum absolute atomic E-state index is 0.425. The molecule has 0 bridgehead atoms. The van der Waals surface area contributed by atoms with E-state index in [-0.39, 0.29) is 0 Å². The van der Waals surface area contributed by atoms with Crippen molar-refractivity contribution in [2.24, 2.45) is 0 Å². The lowest BCUT2D eigenvalue weighted by Gasteiger charge is -2.34. The van der Waals surface area contributed by atoms with Crippen LogP contribution in [0.2, 0.25) is 0 Å². The Morgan fingerprint density at radius 3 is 2.10 bits per heavy atom. The molecule has 0 saturated carbocycles. The lowest BCUT2D eigenvalue weighted by molar-refractivity contribution is 0.768. The summed E-state index contributed by atoms with van der Waals surface area (Å²) >= 11 is 0. The van der Waals surface area contributed by atoms with Gasteiger partial charge in [-0.05, 0) is 93.6 Å². The van der Waals surface area contributed by atoms with Gasteiger partial charge in [-0.1, -0.05) is 134 Å². The van der Waals surface area contributed by atoms with Gasteiger partial charge in [0, 0.05) is 0 Å². The molecule has 0 nitrogen and oxygen atoms in total. The summed E-state index contributed by atoms with van der Waals surface area (Å²) in [7, 11) is 0. The summed E-state index contributed by atoms with van der Waals surface area (Å²) in [5, 5.41) is 0. The van der Waals surface area contributed by atoms with Gasteiger partial charge in [-0.2, -0.15) is 0 Å². The number of hydrogen-bond donors (Lipinski definition) is 0. The van der Waals surface area contributed by atoms with Crippen LogP contribution in [0, 0.1) is 6.92 Å². The van der Waals surface area contributed by atoms with Gasteiger partial charge in [0.15, 0.2) is 0 Å². The van der Waals surface area contributed by atoms with Gasteiger partial charge in [-0.15, -0.1) is 0 Å². The first kappa shape index (κ1) is 24.9. The van der Waals surface area contributed by atoms with E-state index >= 15 is 0 Å². The Morgan fingerprint density at radius 2 is 1.36 bits per heavy atom. The molecule has 0 spiro atoms. The third-order valence-electron chi connectivity index (χ3n) is 8.16. The van der Waals surface area contributed by atoms with Gasteiger partial charge >= 0.3 is 0 Å². The largest absolute Gasteiger partial charge is 0.0842 e. The molecule has 0 saturated heterocycles. The molecule has 0 radical (unpaired) electrons. The van der Waals surface area contributed by atoms with Gasteiger partial charge in [-0.3, -0.25) is 0 Å². The molecule has 6 rings (SSSR count). The van der Waals surface area contributed by atoms with Gasteiger partial charge in [0.2, 0.25) is 0 Å². The molecule has 0 N–H and O–H groups in total. The monoisotopic (exact) mass is 502 g/mol. The van der Waals surface area contributed by atoms with Crippen LogP contribution in [0.4, 0.5) is 0 Å². The first-order valence-corrected chi connectivity index (χ1v) is 14.0. The van der Waals surface area contributed by atoms with Crippen LogP contribution < -0.4 is 0 Å². The highest BCUT2D eigenvalue weighted by Gasteiger charge is 2.46. The first-order chi connectivity index (χ1) is 19.2. The van der Waals surface area contributed by atoms with E-state index in [1.165, 1.54) is 61.2 Å². The zero-order valence-corrected chi connectivity index (χ0v) is 23.0. The predicted octanol–water partition coefficient (Wildman–Crippen LogP) is 10.4. The Morgan fingerprint density at radius 1 is 0.667 bits per heavy atom. The van der Waals surface area contributed by atoms with Crippen LogP contribution in [0.1, 0.15) is 53.6 Å². The lowest BCUT2D eigenvalue weighted by Crippen LogP contribution is -2.28. The standard InChI is InChI=1S/C39H34/c1-4-6-16-29(5-2)32-24-25-35-37(27-32)39(33-20-11-8-12-21-33,36-23-13-15-28(3)38(35)36)34-22-14-19-31(26-34)30-17-9-7-10-18-30/h5-27H,4H2,1-3H3/b16-6-,29-5+. The highest BCUT2D eigenvalue weighted by Crippen LogP contribution is 2.57. The number of aryl methyl sites for hydroxylation is 1. The maximum Gasteiger partial charge on any atom is 0.0714 e. The van der Waals surface area contributed by atoms with Crippen LogP contribution >= 0.6 is 0 Å². The SMILES string of the molecule is C/C=C(\C=C/CC)c1ccc2c(c1)C(c1ccccc1)(c1cccc(-c3ccccc3)c1)c1cccc(C)c1-2. The van der Waals surface area contributed by atoms with Crippen LogP contribution in [-0.2, 0) is 5.41 Å². The fourth-order valence-corrected chi connectivity index (χ4v) is 6.38. The minimum atomic E-state index is -0.425. The third-order valence-corrected chi connectivity index (χ3v) is 8.16. The fourth-order valence-electron chi connectivity index (χ4n) is 6.38. The predicted molar refractivity (Wildman–Crippen MR) is 167 cm³/mol. The van der Waals surface area contributed by atoms with Crippen molar-refractivity contribution in [1.29, 1.82) is 0 Å². The third kappa shape index (κ3) is 4.08. The van der Waals surface area contributed by atoms with Crippen LogP contribution in [0.25, 0.3) is 27.8 Å². The maximum absolute atomic E-state index is 2.45. The fraction of sp³-hybridized carbons (Fsp3) is 0.128. The topological polar surface area (TPSA) is 0 Å². The van der Waals surface area contributed by atoms with Gasteiger partial charge < -0.3 is 0 Å². The highest BCUT2D eigenvalue weighted by atomic mass is 14.5. The molecule has 0 fully saturated rings. The van der Waals surface area contributed by atoms with Gasteiger partial charge in [0.05, 0.1) is 5.41 Å². The van der Waals surface area contributed by atoms with E-state index in [0.717, 1.165) is 6.42 Å². The summed E-state index contributed by atoms with van der Waals surface area (Å²) in [6.45, 7) is 6.57. The number of fused-ring (bicyclic) bond motifs is 3. The second kappa shape index (κ2) is 10.4. The zero-order valence-electron chi connectivity index (χ0n) is 23.0. The van der Waals surface area contributed by atoms with E-state index in [1.54, 1.807) is 0 Å². The Kier molecular flexibility index (Phi) is 6.63. The zero-order chi connectivity index (χ0) is 26.8. The van der Waals surface area contributed by atoms with Crippen molar-refractivity contribution in [3.63, 3.8) is 0 Å². The van der Waals surface area contributed by atoms with Crippen molar-refractivity contribution in [2.45, 2.75) is 32.6 Å². The van der Waals surface area contributed by atoms with E-state index in [4.69, 9.17) is 0 Å². The van der Waals surface area contributed by atoms with E-state index in [9.17, 15) is 0 Å². The molecule has 0 amide bonds. The second-order valence-electron chi connectivity index (χ2n) is 10.4. The molecule has 39 heavy (non-hydrogen) atoms. The van der Waals surface area contributed by atoms with Gasteiger partial charge in [-0.25, -0.2) is 0 Å². The Bertz CT molecular complexity index is 1690. The van der Waals surface area contributed by atoms with Gasteiger partial charge in [0.1, 0.15) is 0 Å². The van der Waals surface area contributed by atoms with Crippen LogP contribution in [0.3, 0.4) is 0 Å². The molecule has 1 atom stereocenters. The van der Waals surface area contributed by atoms with Crippen molar-refractivity contribution < 1.29 is 0 Å². The molecule has 1 aliphatic carbocycles. The summed E-state index contributed by atoms with van der Waals surface area (Å²) in [6, 6.07) is 44.9. The number of allylic oxidation sites excluding steroid dienone is 4. The number of benzene rings is 5. The minimum Gasteiger partial charge on any atom is -0.0842 e. The Balaban J connectivity index is 1.71. The average Bonchev–Trinajstić information content (AvgIpc) is 3.30. The molecule has 0 heterocycles. The quantitative estimate of drug-likeness (QED) is 0.199. The van der Waals surface area contributed by atoms with Crippen molar-refractivity contribution in [3.8, 4) is 22.3 Å². The van der Waals surface area contributed by atoms with Gasteiger partial charge in [0.25, 0.3) is 0 Å². The Labute approximate surface area is 233 Å². The van der Waals surface area contributed by atoms with E-state index in [2.05, 4.69) is 160 Å². The molecule has 1 unspecified atom stereocenters. The lowest BCUT2D eigenvalue weighted by atomic mass is 9.67. The summed E-state index contributed by atoms with van der Waals surface area (Å²) in [5.41, 5.74) is 13.9. The van der Waals surface area contributed by atoms with Crippen molar-refractivity contribution >= 4 is 5.57 Å². The number of rotatable bonds is 6. The molecule has 190 valence electrons. The van der Waals surface area contributed by atoms with Crippen molar-refractivity contribution in [2.75, 3.05) is 0 Å². The second-order valence-corrected chi connectivity index (χ2v) is 10.4. The molecular weight excluding hydrogens is 468 g/mol. The van der Waals surface area contributed by atoms with Crippen LogP contribution in [-0.4, -0.2) is 0 Å². The number of hydrogen-bond acceptors (Lipinski definition) is 0. The Hall–Kier alpha value is -4.42. The summed E-state index contributed by atoms with van der Waals surface area (Å²) < 4.78 is 0. The molecule has 0 aliphatic heterocycles. The smallest absolute Gasteiger partial charge is 0.0714 e. The molecule has 5 aromatic carbocycles. The van der Waals surface area contributed by atoms with E-state index < -0.39 is 5.41 Å². The van der Waals surface area contributed by atoms with E-state index in [1.807, 2.05) is 0 Å². The normalized spacial score (nSPS) is 16.3. The molecular formula is C39H34. The average molecular weight is 503 g/mol. The molecule has 0 heteroatoms. The maximum atomic E-state index is 2.45. The van der Waals surface area contributed by atoms with Crippen molar-refractivity contribution in [1.82, 2.24) is 0 Å². The molecule has 5 aromatic rings. The van der Waals surface area contributed by atoms with Crippen LogP contribution in [0.15, 0.2) is 140 Å². The summed E-state index contributed by atoms with van der Waals surface area (Å²) in [6.07, 6.45) is 7.75. The van der Waals surface area contributed by atoms with E-state index in [0.29, 0.717) is 0 Å². The molecule has 0 aromatic heterocycles.